The van der Waals surface area contributed by atoms with Crippen LogP contribution in [0.1, 0.15) is 49.1 Å². The maximum atomic E-state index is 13.1. The first-order valence-electron chi connectivity index (χ1n) is 9.56. The van der Waals surface area contributed by atoms with Gasteiger partial charge in [-0.15, -0.1) is 0 Å². The number of hydrogen-bond donors (Lipinski definition) is 0. The summed E-state index contributed by atoms with van der Waals surface area (Å²) >= 11 is 0. The smallest absolute Gasteiger partial charge is 0.322 e. The van der Waals surface area contributed by atoms with E-state index < -0.39 is 11.5 Å². The zero-order valence-corrected chi connectivity index (χ0v) is 15.8. The Bertz CT molecular complexity index is 876. The zero-order valence-electron chi connectivity index (χ0n) is 15.8. The normalized spacial score (nSPS) is 21.3. The quantitative estimate of drug-likeness (QED) is 0.591. The molecule has 4 nitrogen and oxygen atoms in total. The lowest BCUT2D eigenvalue weighted by Gasteiger charge is -2.29. The standard InChI is InChI=1S/C23H24O4/c1-15-14-17(16-6-9-18(26-2)10-7-16)8-11-19(15)20-21(24)23(27-22(20)25)12-4-3-5-13-23/h6-11,14,20H,3-5,12-13H2,1-2H3. The Morgan fingerprint density at radius 2 is 1.63 bits per heavy atom. The Morgan fingerprint density at radius 1 is 0.963 bits per heavy atom. The highest BCUT2D eigenvalue weighted by Gasteiger charge is 2.55. The highest BCUT2D eigenvalue weighted by molar-refractivity contribution is 6.13. The summed E-state index contributed by atoms with van der Waals surface area (Å²) < 4.78 is 10.9. The second-order valence-corrected chi connectivity index (χ2v) is 7.57. The van der Waals surface area contributed by atoms with Gasteiger partial charge in [-0.2, -0.15) is 0 Å². The van der Waals surface area contributed by atoms with Crippen molar-refractivity contribution in [3.8, 4) is 16.9 Å². The van der Waals surface area contributed by atoms with Crippen molar-refractivity contribution in [2.45, 2.75) is 50.5 Å². The van der Waals surface area contributed by atoms with E-state index in [1.807, 2.05) is 49.4 Å². The number of methoxy groups -OCH3 is 1. The SMILES string of the molecule is COc1ccc(-c2ccc(C3C(=O)OC4(CCCCC4)C3=O)c(C)c2)cc1. The van der Waals surface area contributed by atoms with Crippen molar-refractivity contribution < 1.29 is 19.1 Å². The van der Waals surface area contributed by atoms with Gasteiger partial charge in [0.15, 0.2) is 11.4 Å². The van der Waals surface area contributed by atoms with Crippen LogP contribution >= 0.6 is 0 Å². The van der Waals surface area contributed by atoms with Crippen molar-refractivity contribution in [3.05, 3.63) is 53.6 Å². The highest BCUT2D eigenvalue weighted by atomic mass is 16.6. The summed E-state index contributed by atoms with van der Waals surface area (Å²) in [6.45, 7) is 1.95. The first kappa shape index (κ1) is 17.8. The van der Waals surface area contributed by atoms with Crippen LogP contribution in [0.25, 0.3) is 11.1 Å². The molecule has 1 spiro atoms. The predicted molar refractivity (Wildman–Crippen MR) is 103 cm³/mol. The minimum absolute atomic E-state index is 0.0486. The summed E-state index contributed by atoms with van der Waals surface area (Å²) in [5, 5.41) is 0. The summed E-state index contributed by atoms with van der Waals surface area (Å²) in [5.41, 5.74) is 2.94. The molecule has 2 fully saturated rings. The van der Waals surface area contributed by atoms with Crippen LogP contribution in [0.4, 0.5) is 0 Å². The second kappa shape index (κ2) is 6.84. The summed E-state index contributed by atoms with van der Waals surface area (Å²) in [5.74, 6) is -0.410. The average molecular weight is 364 g/mol. The number of aryl methyl sites for hydroxylation is 1. The molecule has 1 saturated heterocycles. The van der Waals surface area contributed by atoms with Crippen LogP contribution in [-0.2, 0) is 14.3 Å². The van der Waals surface area contributed by atoms with Crippen molar-refractivity contribution in [3.63, 3.8) is 0 Å². The number of carbonyl (C=O) groups is 2. The van der Waals surface area contributed by atoms with Crippen molar-refractivity contribution >= 4 is 11.8 Å². The second-order valence-electron chi connectivity index (χ2n) is 7.57. The number of ketones is 1. The van der Waals surface area contributed by atoms with Crippen LogP contribution in [0, 0.1) is 6.92 Å². The van der Waals surface area contributed by atoms with Crippen LogP contribution in [0.3, 0.4) is 0 Å². The molecule has 2 aliphatic rings. The van der Waals surface area contributed by atoms with Crippen LogP contribution in [0.2, 0.25) is 0 Å². The molecule has 0 radical (unpaired) electrons. The lowest BCUT2D eigenvalue weighted by Crippen LogP contribution is -2.39. The zero-order chi connectivity index (χ0) is 19.0. The van der Waals surface area contributed by atoms with Crippen LogP contribution < -0.4 is 4.74 Å². The molecule has 1 atom stereocenters. The molecule has 4 heteroatoms. The van der Waals surface area contributed by atoms with Gasteiger partial charge in [0.1, 0.15) is 11.7 Å². The number of benzene rings is 2. The van der Waals surface area contributed by atoms with Gasteiger partial charge in [-0.25, -0.2) is 0 Å². The highest BCUT2D eigenvalue weighted by Crippen LogP contribution is 2.44. The number of rotatable bonds is 3. The van der Waals surface area contributed by atoms with E-state index >= 15 is 0 Å². The molecule has 1 aliphatic heterocycles. The van der Waals surface area contributed by atoms with E-state index in [4.69, 9.17) is 9.47 Å². The van der Waals surface area contributed by atoms with Gasteiger partial charge in [0.05, 0.1) is 7.11 Å². The average Bonchev–Trinajstić information content (AvgIpc) is 2.92. The number of ether oxygens (including phenoxy) is 2. The fourth-order valence-electron chi connectivity index (χ4n) is 4.37. The minimum Gasteiger partial charge on any atom is -0.497 e. The van der Waals surface area contributed by atoms with Gasteiger partial charge >= 0.3 is 5.97 Å². The molecule has 140 valence electrons. The maximum Gasteiger partial charge on any atom is 0.322 e. The third-order valence-electron chi connectivity index (χ3n) is 5.91. The largest absolute Gasteiger partial charge is 0.497 e. The molecular weight excluding hydrogens is 340 g/mol. The van der Waals surface area contributed by atoms with E-state index in [1.165, 1.54) is 0 Å². The molecule has 2 aromatic carbocycles. The van der Waals surface area contributed by atoms with Crippen LogP contribution in [0.5, 0.6) is 5.75 Å². The Labute approximate surface area is 159 Å². The molecule has 4 rings (SSSR count). The number of hydrogen-bond acceptors (Lipinski definition) is 4. The Morgan fingerprint density at radius 3 is 2.26 bits per heavy atom. The monoisotopic (exact) mass is 364 g/mol. The lowest BCUT2D eigenvalue weighted by atomic mass is 9.77. The van der Waals surface area contributed by atoms with Gasteiger partial charge in [0, 0.05) is 0 Å². The molecule has 0 bridgehead atoms. The van der Waals surface area contributed by atoms with E-state index in [0.29, 0.717) is 12.8 Å². The number of esters is 1. The fourth-order valence-corrected chi connectivity index (χ4v) is 4.37. The molecule has 1 saturated carbocycles. The van der Waals surface area contributed by atoms with Gasteiger partial charge in [0.2, 0.25) is 0 Å². The molecular formula is C23H24O4. The molecule has 1 aliphatic carbocycles. The Hall–Kier alpha value is -2.62. The fraction of sp³-hybridized carbons (Fsp3) is 0.391. The molecule has 1 heterocycles. The molecule has 27 heavy (non-hydrogen) atoms. The van der Waals surface area contributed by atoms with E-state index in [-0.39, 0.29) is 11.8 Å². The minimum atomic E-state index is -0.874. The van der Waals surface area contributed by atoms with E-state index in [2.05, 4.69) is 0 Å². The first-order valence-corrected chi connectivity index (χ1v) is 9.56. The first-order chi connectivity index (χ1) is 13.0. The summed E-state index contributed by atoms with van der Waals surface area (Å²) in [4.78, 5) is 25.7. The molecule has 0 N–H and O–H groups in total. The number of Topliss-reactive ketones (excluding diaryl/α,β-unsaturated/α-hetero) is 1. The third-order valence-corrected chi connectivity index (χ3v) is 5.91. The Kier molecular flexibility index (Phi) is 4.50. The van der Waals surface area contributed by atoms with Gasteiger partial charge < -0.3 is 9.47 Å². The van der Waals surface area contributed by atoms with Gasteiger partial charge in [-0.1, -0.05) is 36.8 Å². The van der Waals surface area contributed by atoms with Crippen LogP contribution in [-0.4, -0.2) is 24.5 Å². The van der Waals surface area contributed by atoms with Crippen molar-refractivity contribution in [2.75, 3.05) is 7.11 Å². The number of carbonyl (C=O) groups excluding carboxylic acids is 2. The van der Waals surface area contributed by atoms with E-state index in [9.17, 15) is 9.59 Å². The molecule has 0 amide bonds. The molecule has 1 unspecified atom stereocenters. The van der Waals surface area contributed by atoms with Gasteiger partial charge in [-0.3, -0.25) is 9.59 Å². The van der Waals surface area contributed by atoms with Crippen molar-refractivity contribution in [1.29, 1.82) is 0 Å². The summed E-state index contributed by atoms with van der Waals surface area (Å²) in [6, 6.07) is 13.7. The topological polar surface area (TPSA) is 52.6 Å². The van der Waals surface area contributed by atoms with Crippen molar-refractivity contribution in [2.24, 2.45) is 0 Å². The Balaban J connectivity index is 1.64. The summed E-state index contributed by atoms with van der Waals surface area (Å²) in [7, 11) is 1.64. The lowest BCUT2D eigenvalue weighted by molar-refractivity contribution is -0.154. The van der Waals surface area contributed by atoms with Gasteiger partial charge in [-0.05, 0) is 67.0 Å². The predicted octanol–water partition coefficient (Wildman–Crippen LogP) is 4.58. The van der Waals surface area contributed by atoms with Gasteiger partial charge in [0.25, 0.3) is 0 Å². The van der Waals surface area contributed by atoms with Crippen molar-refractivity contribution in [1.82, 2.24) is 0 Å². The van der Waals surface area contributed by atoms with E-state index in [1.54, 1.807) is 7.11 Å². The maximum absolute atomic E-state index is 13.1. The van der Waals surface area contributed by atoms with Crippen LogP contribution in [0.15, 0.2) is 42.5 Å². The molecule has 0 aromatic heterocycles. The molecule has 2 aromatic rings. The summed E-state index contributed by atoms with van der Waals surface area (Å²) in [6.07, 6.45) is 4.32. The van der Waals surface area contributed by atoms with E-state index in [0.717, 1.165) is 47.3 Å². The third kappa shape index (κ3) is 3.03.